The molecule has 176 valence electrons. The van der Waals surface area contributed by atoms with Crippen molar-refractivity contribution in [1.82, 2.24) is 4.90 Å². The maximum Gasteiger partial charge on any atom is 0.329 e. The van der Waals surface area contributed by atoms with E-state index in [1.165, 1.54) is 18.9 Å². The van der Waals surface area contributed by atoms with E-state index in [2.05, 4.69) is 0 Å². The van der Waals surface area contributed by atoms with E-state index in [0.29, 0.717) is 6.42 Å². The molecule has 0 N–H and O–H groups in total. The van der Waals surface area contributed by atoms with Crippen LogP contribution in [-0.4, -0.2) is 47.3 Å². The number of carbonyl (C=O) groups is 3. The van der Waals surface area contributed by atoms with Gasteiger partial charge < -0.3 is 9.64 Å². The third-order valence-electron chi connectivity index (χ3n) is 5.69. The summed E-state index contributed by atoms with van der Waals surface area (Å²) in [6.45, 7) is 1.45. The highest BCUT2D eigenvalue weighted by Gasteiger charge is 2.39. The molecule has 0 aliphatic heterocycles. The largest absolute Gasteiger partial charge is 0.467 e. The Morgan fingerprint density at radius 1 is 0.824 bits per heavy atom. The molecule has 0 aliphatic rings. The van der Waals surface area contributed by atoms with Gasteiger partial charge in [0.15, 0.2) is 5.12 Å². The van der Waals surface area contributed by atoms with Gasteiger partial charge in [0.25, 0.3) is 0 Å². The molecule has 0 fully saturated rings. The first-order chi connectivity index (χ1) is 16.4. The molecule has 2 unspecified atom stereocenters. The number of carbonyl (C=O) groups excluding carboxylic acids is 3. The van der Waals surface area contributed by atoms with Gasteiger partial charge in [0.2, 0.25) is 5.91 Å². The van der Waals surface area contributed by atoms with E-state index in [9.17, 15) is 14.4 Å². The average molecular weight is 476 g/mol. The van der Waals surface area contributed by atoms with E-state index < -0.39 is 23.2 Å². The van der Waals surface area contributed by atoms with Crippen molar-refractivity contribution in [3.05, 3.63) is 108 Å². The molecular weight excluding hydrogens is 446 g/mol. The van der Waals surface area contributed by atoms with Crippen molar-refractivity contribution >= 4 is 28.8 Å². The number of hydrogen-bond acceptors (Lipinski definition) is 5. The fourth-order valence-electron chi connectivity index (χ4n) is 4.09. The lowest BCUT2D eigenvalue weighted by Crippen LogP contribution is -2.50. The van der Waals surface area contributed by atoms with Crippen LogP contribution in [0.5, 0.6) is 0 Å². The van der Waals surface area contributed by atoms with Crippen molar-refractivity contribution < 1.29 is 19.1 Å². The molecule has 6 heteroatoms. The van der Waals surface area contributed by atoms with Crippen LogP contribution in [0.3, 0.4) is 0 Å². The molecular formula is C28H29NO4S. The summed E-state index contributed by atoms with van der Waals surface area (Å²) in [7, 11) is 2.94. The predicted molar refractivity (Wildman–Crippen MR) is 136 cm³/mol. The SMILES string of the molecule is COC(=O)C(C(c1ccccc1)c1ccccc1)N(C)C(=O)C(Cc1ccccc1)SC(C)=O. The summed E-state index contributed by atoms with van der Waals surface area (Å²) in [5.74, 6) is -1.25. The molecule has 0 saturated heterocycles. The highest BCUT2D eigenvalue weighted by molar-refractivity contribution is 8.14. The third-order valence-corrected chi connectivity index (χ3v) is 6.67. The number of ether oxygens (including phenoxy) is 1. The molecule has 1 amide bonds. The minimum atomic E-state index is -0.909. The topological polar surface area (TPSA) is 63.7 Å². The molecule has 0 bridgehead atoms. The average Bonchev–Trinajstić information content (AvgIpc) is 2.87. The first-order valence-electron chi connectivity index (χ1n) is 11.1. The number of amides is 1. The van der Waals surface area contributed by atoms with Crippen LogP contribution in [0, 0.1) is 0 Å². The summed E-state index contributed by atoms with van der Waals surface area (Å²) >= 11 is 0.989. The Labute approximate surface area is 205 Å². The summed E-state index contributed by atoms with van der Waals surface area (Å²) in [5, 5.41) is -0.816. The fraction of sp³-hybridized carbons (Fsp3) is 0.250. The van der Waals surface area contributed by atoms with Gasteiger partial charge in [-0.2, -0.15) is 0 Å². The summed E-state index contributed by atoms with van der Waals surface area (Å²) in [4.78, 5) is 40.4. The van der Waals surface area contributed by atoms with Gasteiger partial charge in [-0.25, -0.2) is 4.79 Å². The van der Waals surface area contributed by atoms with Crippen LogP contribution in [0.1, 0.15) is 29.5 Å². The number of esters is 1. The lowest BCUT2D eigenvalue weighted by Gasteiger charge is -2.35. The Hall–Kier alpha value is -3.38. The summed E-state index contributed by atoms with van der Waals surface area (Å²) in [5.41, 5.74) is 2.73. The lowest BCUT2D eigenvalue weighted by atomic mass is 9.84. The van der Waals surface area contributed by atoms with Crippen LogP contribution in [0.25, 0.3) is 0 Å². The second-order valence-corrected chi connectivity index (χ2v) is 9.38. The second-order valence-electron chi connectivity index (χ2n) is 8.00. The van der Waals surface area contributed by atoms with Crippen LogP contribution in [0.15, 0.2) is 91.0 Å². The van der Waals surface area contributed by atoms with Gasteiger partial charge in [0.1, 0.15) is 6.04 Å². The van der Waals surface area contributed by atoms with E-state index in [0.717, 1.165) is 28.5 Å². The highest BCUT2D eigenvalue weighted by Crippen LogP contribution is 2.33. The van der Waals surface area contributed by atoms with Gasteiger partial charge in [-0.15, -0.1) is 0 Å². The van der Waals surface area contributed by atoms with Crippen molar-refractivity contribution in [2.24, 2.45) is 0 Å². The van der Waals surface area contributed by atoms with Crippen LogP contribution in [0.4, 0.5) is 0 Å². The van der Waals surface area contributed by atoms with Crippen molar-refractivity contribution in [3.8, 4) is 0 Å². The Kier molecular flexibility index (Phi) is 9.05. The quantitative estimate of drug-likeness (QED) is 0.420. The van der Waals surface area contributed by atoms with Crippen LogP contribution >= 0.6 is 11.8 Å². The number of nitrogens with zero attached hydrogens (tertiary/aromatic N) is 1. The van der Waals surface area contributed by atoms with E-state index in [4.69, 9.17) is 4.74 Å². The Balaban J connectivity index is 2.02. The van der Waals surface area contributed by atoms with Crippen molar-refractivity contribution in [2.45, 2.75) is 30.6 Å². The molecule has 0 saturated carbocycles. The van der Waals surface area contributed by atoms with Crippen molar-refractivity contribution in [3.63, 3.8) is 0 Å². The molecule has 3 aromatic carbocycles. The van der Waals surface area contributed by atoms with E-state index in [1.54, 1.807) is 7.05 Å². The van der Waals surface area contributed by atoms with Gasteiger partial charge in [0, 0.05) is 19.9 Å². The monoisotopic (exact) mass is 475 g/mol. The summed E-state index contributed by atoms with van der Waals surface area (Å²) < 4.78 is 5.18. The van der Waals surface area contributed by atoms with Crippen LogP contribution < -0.4 is 0 Å². The molecule has 0 spiro atoms. The van der Waals surface area contributed by atoms with Gasteiger partial charge in [0.05, 0.1) is 12.4 Å². The van der Waals surface area contributed by atoms with Crippen molar-refractivity contribution in [1.29, 1.82) is 0 Å². The second kappa shape index (κ2) is 12.2. The molecule has 0 aromatic heterocycles. The maximum atomic E-state index is 13.8. The molecule has 34 heavy (non-hydrogen) atoms. The molecule has 0 radical (unpaired) electrons. The smallest absolute Gasteiger partial charge is 0.329 e. The molecule has 2 atom stereocenters. The number of rotatable bonds is 9. The van der Waals surface area contributed by atoms with Gasteiger partial charge in [-0.3, -0.25) is 9.59 Å². The van der Waals surface area contributed by atoms with Crippen LogP contribution in [-0.2, 0) is 25.5 Å². The molecule has 3 aromatic rings. The minimum absolute atomic E-state index is 0.153. The van der Waals surface area contributed by atoms with E-state index >= 15 is 0 Å². The number of methoxy groups -OCH3 is 1. The Morgan fingerprint density at radius 2 is 1.29 bits per heavy atom. The zero-order chi connectivity index (χ0) is 24.5. The molecule has 3 rings (SSSR count). The van der Waals surface area contributed by atoms with Gasteiger partial charge in [-0.05, 0) is 23.1 Å². The van der Waals surface area contributed by atoms with Crippen molar-refractivity contribution in [2.75, 3.05) is 14.2 Å². The first-order valence-corrected chi connectivity index (χ1v) is 12.0. The summed E-state index contributed by atoms with van der Waals surface area (Å²) in [6, 6.07) is 27.9. The number of likely N-dealkylation sites (N-methyl/N-ethyl adjacent to an activating group) is 1. The third kappa shape index (κ3) is 6.35. The normalized spacial score (nSPS) is 12.6. The zero-order valence-corrected chi connectivity index (χ0v) is 20.4. The molecule has 5 nitrogen and oxygen atoms in total. The fourth-order valence-corrected chi connectivity index (χ4v) is 5.03. The van der Waals surface area contributed by atoms with E-state index in [1.807, 2.05) is 91.0 Å². The number of hydrogen-bond donors (Lipinski definition) is 0. The number of benzene rings is 3. The first kappa shape index (κ1) is 25.2. The zero-order valence-electron chi connectivity index (χ0n) is 19.6. The molecule has 0 heterocycles. The number of thioether (sulfide) groups is 1. The highest BCUT2D eigenvalue weighted by atomic mass is 32.2. The predicted octanol–water partition coefficient (Wildman–Crippen LogP) is 4.71. The lowest BCUT2D eigenvalue weighted by molar-refractivity contribution is -0.152. The van der Waals surface area contributed by atoms with Gasteiger partial charge in [-0.1, -0.05) is 103 Å². The Morgan fingerprint density at radius 3 is 1.74 bits per heavy atom. The van der Waals surface area contributed by atoms with E-state index in [-0.39, 0.29) is 11.0 Å². The maximum absolute atomic E-state index is 13.8. The minimum Gasteiger partial charge on any atom is -0.467 e. The van der Waals surface area contributed by atoms with Crippen LogP contribution in [0.2, 0.25) is 0 Å². The Bertz CT molecular complexity index is 1050. The standard InChI is InChI=1S/C28H29NO4S/c1-20(30)34-24(19-21-13-7-4-8-14-21)27(31)29(2)26(28(32)33-3)25(22-15-9-5-10-16-22)23-17-11-6-12-18-23/h4-18,24-26H,19H2,1-3H3. The molecule has 0 aliphatic carbocycles. The van der Waals surface area contributed by atoms with Gasteiger partial charge >= 0.3 is 5.97 Å². The summed E-state index contributed by atoms with van der Waals surface area (Å²) in [6.07, 6.45) is 0.378.